The molecule has 1 atom stereocenters. The Balaban J connectivity index is 1.45. The van der Waals surface area contributed by atoms with Gasteiger partial charge in [-0.2, -0.15) is 0 Å². The van der Waals surface area contributed by atoms with Gasteiger partial charge in [0.25, 0.3) is 0 Å². The first kappa shape index (κ1) is 18.5. The van der Waals surface area contributed by atoms with Crippen molar-refractivity contribution in [3.8, 4) is 0 Å². The number of carbonyl (C=O) groups excluding carboxylic acids is 2. The molecule has 0 bridgehead atoms. The van der Waals surface area contributed by atoms with E-state index < -0.39 is 15.8 Å². The Kier molecular flexibility index (Phi) is 5.84. The fraction of sp³-hybridized carbons (Fsp3) is 0.556. The number of sulfone groups is 1. The number of carbonyl (C=O) groups is 2. The van der Waals surface area contributed by atoms with Crippen LogP contribution in [-0.4, -0.2) is 49.3 Å². The van der Waals surface area contributed by atoms with E-state index in [0.29, 0.717) is 12.0 Å². The van der Waals surface area contributed by atoms with Crippen molar-refractivity contribution in [1.29, 1.82) is 0 Å². The maximum Gasteiger partial charge on any atom is 0.316 e. The zero-order valence-corrected chi connectivity index (χ0v) is 15.7. The molecule has 1 aliphatic carbocycles. The van der Waals surface area contributed by atoms with E-state index >= 15 is 0 Å². The highest BCUT2D eigenvalue weighted by atomic mass is 32.2. The number of Topliss-reactive ketones (excluding diaryl/α,β-unsaturated/α-hetero) is 1. The van der Waals surface area contributed by atoms with Gasteiger partial charge in [0, 0.05) is 10.8 Å². The molecule has 5 nitrogen and oxygen atoms in total. The van der Waals surface area contributed by atoms with Crippen molar-refractivity contribution in [1.82, 2.24) is 0 Å². The Morgan fingerprint density at radius 1 is 1.16 bits per heavy atom. The minimum absolute atomic E-state index is 0.0473. The highest BCUT2D eigenvalue weighted by molar-refractivity contribution is 8.02. The summed E-state index contributed by atoms with van der Waals surface area (Å²) in [5.41, 5.74) is 3.12. The maximum atomic E-state index is 12.2. The summed E-state index contributed by atoms with van der Waals surface area (Å²) in [7, 11) is -2.94. The molecule has 7 heteroatoms. The fourth-order valence-electron chi connectivity index (χ4n) is 3.26. The zero-order valence-electron chi connectivity index (χ0n) is 14.0. The molecule has 0 spiro atoms. The smallest absolute Gasteiger partial charge is 0.316 e. The lowest BCUT2D eigenvalue weighted by molar-refractivity contribution is -0.139. The van der Waals surface area contributed by atoms with Crippen molar-refractivity contribution < 1.29 is 22.7 Å². The molecule has 1 aromatic carbocycles. The van der Waals surface area contributed by atoms with E-state index in [1.165, 1.54) is 29.3 Å². The van der Waals surface area contributed by atoms with Gasteiger partial charge in [-0.15, -0.1) is 11.8 Å². The molecule has 0 saturated carbocycles. The fourth-order valence-corrected chi connectivity index (χ4v) is 6.70. The van der Waals surface area contributed by atoms with Crippen molar-refractivity contribution in [2.45, 2.75) is 37.4 Å². The largest absolute Gasteiger partial charge is 0.457 e. The standard InChI is InChI=1S/C18H22O5S2/c19-17(15-6-5-13-3-1-2-4-14(13)9-15)10-23-18(20)11-24-16-7-8-25(21,22)12-16/h5-6,9,16H,1-4,7-8,10-12H2/t16-/m1/s1. The lowest BCUT2D eigenvalue weighted by Crippen LogP contribution is -2.18. The summed E-state index contributed by atoms with van der Waals surface area (Å²) in [5, 5.41) is -0.0473. The molecule has 1 fully saturated rings. The Labute approximate surface area is 152 Å². The molecular weight excluding hydrogens is 360 g/mol. The number of rotatable bonds is 6. The third-order valence-electron chi connectivity index (χ3n) is 4.66. The number of ketones is 1. The molecule has 0 amide bonds. The first-order chi connectivity index (χ1) is 11.9. The van der Waals surface area contributed by atoms with Crippen LogP contribution in [0.3, 0.4) is 0 Å². The predicted octanol–water partition coefficient (Wildman–Crippen LogP) is 2.21. The van der Waals surface area contributed by atoms with E-state index in [4.69, 9.17) is 4.74 Å². The van der Waals surface area contributed by atoms with E-state index in [9.17, 15) is 18.0 Å². The number of hydrogen-bond donors (Lipinski definition) is 0. The number of ether oxygens (including phenoxy) is 1. The minimum atomic E-state index is -2.94. The lowest BCUT2D eigenvalue weighted by atomic mass is 9.90. The van der Waals surface area contributed by atoms with E-state index in [-0.39, 0.29) is 34.9 Å². The van der Waals surface area contributed by atoms with Crippen molar-refractivity contribution >= 4 is 33.4 Å². The van der Waals surface area contributed by atoms with Crippen LogP contribution in [0, 0.1) is 0 Å². The molecule has 136 valence electrons. The topological polar surface area (TPSA) is 77.5 Å². The first-order valence-corrected chi connectivity index (χ1v) is 11.4. The summed E-state index contributed by atoms with van der Waals surface area (Å²) >= 11 is 1.30. The van der Waals surface area contributed by atoms with E-state index in [1.54, 1.807) is 6.07 Å². The summed E-state index contributed by atoms with van der Waals surface area (Å²) in [6.45, 7) is -0.263. The Hall–Kier alpha value is -1.34. The molecule has 2 aliphatic rings. The van der Waals surface area contributed by atoms with Gasteiger partial charge in [-0.1, -0.05) is 12.1 Å². The van der Waals surface area contributed by atoms with Gasteiger partial charge in [-0.3, -0.25) is 9.59 Å². The Morgan fingerprint density at radius 2 is 1.92 bits per heavy atom. The van der Waals surface area contributed by atoms with Gasteiger partial charge in [-0.05, 0) is 49.3 Å². The molecule has 3 rings (SSSR count). The number of esters is 1. The maximum absolute atomic E-state index is 12.2. The van der Waals surface area contributed by atoms with Crippen LogP contribution < -0.4 is 0 Å². The van der Waals surface area contributed by atoms with Gasteiger partial charge in [0.15, 0.2) is 22.2 Å². The second-order valence-corrected chi connectivity index (χ2v) is 10.1. The molecule has 0 aromatic heterocycles. The summed E-state index contributed by atoms with van der Waals surface area (Å²) in [4.78, 5) is 24.0. The summed E-state index contributed by atoms with van der Waals surface area (Å²) in [5.74, 6) is -0.275. The predicted molar refractivity (Wildman–Crippen MR) is 97.9 cm³/mol. The van der Waals surface area contributed by atoms with Crippen molar-refractivity contribution in [3.05, 3.63) is 34.9 Å². The van der Waals surface area contributed by atoms with Crippen LogP contribution in [0.2, 0.25) is 0 Å². The van der Waals surface area contributed by atoms with Crippen molar-refractivity contribution in [2.75, 3.05) is 23.9 Å². The highest BCUT2D eigenvalue weighted by Crippen LogP contribution is 2.24. The van der Waals surface area contributed by atoms with Gasteiger partial charge in [-0.25, -0.2) is 8.42 Å². The Morgan fingerprint density at radius 3 is 2.64 bits per heavy atom. The minimum Gasteiger partial charge on any atom is -0.457 e. The number of fused-ring (bicyclic) bond motifs is 1. The number of benzene rings is 1. The molecule has 0 N–H and O–H groups in total. The third-order valence-corrected chi connectivity index (χ3v) is 7.92. The van der Waals surface area contributed by atoms with Crippen LogP contribution >= 0.6 is 11.8 Å². The second kappa shape index (κ2) is 7.91. The average molecular weight is 383 g/mol. The third kappa shape index (κ3) is 5.07. The van der Waals surface area contributed by atoms with Gasteiger partial charge in [0.2, 0.25) is 0 Å². The molecular formula is C18H22O5S2. The van der Waals surface area contributed by atoms with Crippen LogP contribution in [0.15, 0.2) is 18.2 Å². The van der Waals surface area contributed by atoms with E-state index in [2.05, 4.69) is 0 Å². The molecule has 1 saturated heterocycles. The van der Waals surface area contributed by atoms with Gasteiger partial charge < -0.3 is 4.74 Å². The molecule has 0 radical (unpaired) electrons. The SMILES string of the molecule is O=C(CS[C@@H]1CCS(=O)(=O)C1)OCC(=O)c1ccc2c(c1)CCCC2. The second-order valence-electron chi connectivity index (χ2n) is 6.61. The van der Waals surface area contributed by atoms with E-state index in [0.717, 1.165) is 19.3 Å². The Bertz CT molecular complexity index is 770. The van der Waals surface area contributed by atoms with Gasteiger partial charge in [0.1, 0.15) is 0 Å². The quantitative estimate of drug-likeness (QED) is 0.555. The van der Waals surface area contributed by atoms with Crippen LogP contribution in [0.1, 0.15) is 40.7 Å². The monoisotopic (exact) mass is 382 g/mol. The van der Waals surface area contributed by atoms with Crippen LogP contribution in [0.5, 0.6) is 0 Å². The normalized spacial score (nSPS) is 21.5. The molecule has 1 aliphatic heterocycles. The molecule has 25 heavy (non-hydrogen) atoms. The van der Waals surface area contributed by atoms with Crippen LogP contribution in [0.25, 0.3) is 0 Å². The van der Waals surface area contributed by atoms with Crippen LogP contribution in [-0.2, 0) is 32.2 Å². The van der Waals surface area contributed by atoms with Gasteiger partial charge in [0.05, 0.1) is 17.3 Å². The zero-order chi connectivity index (χ0) is 17.9. The molecule has 0 unspecified atom stereocenters. The number of hydrogen-bond acceptors (Lipinski definition) is 6. The lowest BCUT2D eigenvalue weighted by Gasteiger charge is -2.16. The van der Waals surface area contributed by atoms with Crippen molar-refractivity contribution in [2.24, 2.45) is 0 Å². The van der Waals surface area contributed by atoms with Gasteiger partial charge >= 0.3 is 5.97 Å². The first-order valence-electron chi connectivity index (χ1n) is 8.55. The molecule has 1 aromatic rings. The van der Waals surface area contributed by atoms with E-state index in [1.807, 2.05) is 12.1 Å². The van der Waals surface area contributed by atoms with Crippen molar-refractivity contribution in [3.63, 3.8) is 0 Å². The summed E-state index contributed by atoms with van der Waals surface area (Å²) in [6.07, 6.45) is 4.98. The number of aryl methyl sites for hydroxylation is 2. The summed E-state index contributed by atoms with van der Waals surface area (Å²) in [6, 6.07) is 5.72. The number of thioether (sulfide) groups is 1. The average Bonchev–Trinajstić information content (AvgIpc) is 2.96. The highest BCUT2D eigenvalue weighted by Gasteiger charge is 2.28. The molecule has 1 heterocycles. The summed E-state index contributed by atoms with van der Waals surface area (Å²) < 4.78 is 27.8. The van der Waals surface area contributed by atoms with Crippen LogP contribution in [0.4, 0.5) is 0 Å².